The van der Waals surface area contributed by atoms with Gasteiger partial charge in [0, 0.05) is 18.0 Å². The molecule has 0 saturated heterocycles. The standard InChI is InChI=1S/C15H15N3O2S/c1-2-4-12-17-14-10(15(19)20)5-3-6-11(14)18(12)9-13-16-7-8-21-13/h3,5-8H,2,4,9H2,1H3,(H,19,20). The van der Waals surface area contributed by atoms with E-state index in [0.717, 1.165) is 29.2 Å². The molecule has 0 bridgehead atoms. The van der Waals surface area contributed by atoms with Crippen LogP contribution in [0.25, 0.3) is 11.0 Å². The van der Waals surface area contributed by atoms with Crippen molar-refractivity contribution < 1.29 is 9.90 Å². The van der Waals surface area contributed by atoms with E-state index in [1.54, 1.807) is 29.7 Å². The van der Waals surface area contributed by atoms with E-state index in [1.165, 1.54) is 0 Å². The van der Waals surface area contributed by atoms with Gasteiger partial charge in [0.05, 0.1) is 17.6 Å². The molecule has 0 atom stereocenters. The van der Waals surface area contributed by atoms with Crippen LogP contribution in [0.3, 0.4) is 0 Å². The monoisotopic (exact) mass is 301 g/mol. The van der Waals surface area contributed by atoms with Gasteiger partial charge in [-0.05, 0) is 18.6 Å². The van der Waals surface area contributed by atoms with E-state index >= 15 is 0 Å². The van der Waals surface area contributed by atoms with E-state index in [1.807, 2.05) is 11.4 Å². The predicted octanol–water partition coefficient (Wildman–Crippen LogP) is 3.19. The molecular weight excluding hydrogens is 286 g/mol. The zero-order chi connectivity index (χ0) is 14.8. The molecular formula is C15H15N3O2S. The Bertz CT molecular complexity index is 778. The lowest BCUT2D eigenvalue weighted by Crippen LogP contribution is -2.04. The highest BCUT2D eigenvalue weighted by Crippen LogP contribution is 2.23. The Morgan fingerprint density at radius 1 is 1.43 bits per heavy atom. The van der Waals surface area contributed by atoms with Crippen LogP contribution in [-0.2, 0) is 13.0 Å². The summed E-state index contributed by atoms with van der Waals surface area (Å²) in [4.78, 5) is 20.2. The van der Waals surface area contributed by atoms with Crippen LogP contribution in [0.4, 0.5) is 0 Å². The van der Waals surface area contributed by atoms with Crippen LogP contribution in [0.1, 0.15) is 34.5 Å². The van der Waals surface area contributed by atoms with Crippen LogP contribution in [0, 0.1) is 0 Å². The summed E-state index contributed by atoms with van der Waals surface area (Å²) in [5, 5.41) is 12.2. The Morgan fingerprint density at radius 2 is 2.29 bits per heavy atom. The summed E-state index contributed by atoms with van der Waals surface area (Å²) in [7, 11) is 0. The second-order valence-electron chi connectivity index (χ2n) is 4.77. The van der Waals surface area contributed by atoms with Gasteiger partial charge in [0.1, 0.15) is 16.3 Å². The minimum Gasteiger partial charge on any atom is -0.478 e. The first-order valence-corrected chi connectivity index (χ1v) is 7.68. The summed E-state index contributed by atoms with van der Waals surface area (Å²) < 4.78 is 2.07. The third kappa shape index (κ3) is 2.54. The number of hydrogen-bond acceptors (Lipinski definition) is 4. The van der Waals surface area contributed by atoms with E-state index < -0.39 is 5.97 Å². The molecule has 3 rings (SSSR count). The Labute approximate surface area is 125 Å². The average Bonchev–Trinajstić information content (AvgIpc) is 3.08. The SMILES string of the molecule is CCCc1nc2c(C(=O)O)cccc2n1Cc1nccs1. The van der Waals surface area contributed by atoms with Gasteiger partial charge in [0.2, 0.25) is 0 Å². The lowest BCUT2D eigenvalue weighted by molar-refractivity contribution is 0.0699. The Kier molecular flexibility index (Phi) is 3.70. The second kappa shape index (κ2) is 5.65. The van der Waals surface area contributed by atoms with Crippen molar-refractivity contribution in [2.24, 2.45) is 0 Å². The number of fused-ring (bicyclic) bond motifs is 1. The molecule has 108 valence electrons. The first-order valence-electron chi connectivity index (χ1n) is 6.80. The maximum atomic E-state index is 11.4. The fourth-order valence-electron chi connectivity index (χ4n) is 2.42. The number of carboxylic acid groups (broad SMARTS) is 1. The lowest BCUT2D eigenvalue weighted by Gasteiger charge is -2.06. The Morgan fingerprint density at radius 3 is 2.95 bits per heavy atom. The summed E-state index contributed by atoms with van der Waals surface area (Å²) >= 11 is 1.59. The number of rotatable bonds is 5. The Hall–Kier alpha value is -2.21. The summed E-state index contributed by atoms with van der Waals surface area (Å²) in [6.45, 7) is 2.72. The van der Waals surface area contributed by atoms with Crippen molar-refractivity contribution in [2.75, 3.05) is 0 Å². The topological polar surface area (TPSA) is 68.0 Å². The van der Waals surface area contributed by atoms with Crippen molar-refractivity contribution in [3.8, 4) is 0 Å². The van der Waals surface area contributed by atoms with Crippen molar-refractivity contribution in [2.45, 2.75) is 26.3 Å². The Balaban J connectivity index is 2.17. The first-order chi connectivity index (χ1) is 10.2. The molecule has 1 aromatic carbocycles. The quantitative estimate of drug-likeness (QED) is 0.786. The van der Waals surface area contributed by atoms with E-state index in [4.69, 9.17) is 0 Å². The van der Waals surface area contributed by atoms with Crippen LogP contribution < -0.4 is 0 Å². The lowest BCUT2D eigenvalue weighted by atomic mass is 10.2. The van der Waals surface area contributed by atoms with Crippen LogP contribution in [-0.4, -0.2) is 25.6 Å². The van der Waals surface area contributed by atoms with Gasteiger partial charge in [0.15, 0.2) is 0 Å². The van der Waals surface area contributed by atoms with E-state index in [2.05, 4.69) is 21.5 Å². The van der Waals surface area contributed by atoms with Crippen LogP contribution in [0.5, 0.6) is 0 Å². The van der Waals surface area contributed by atoms with Gasteiger partial charge in [-0.2, -0.15) is 0 Å². The molecule has 0 amide bonds. The first kappa shape index (κ1) is 13.8. The minimum absolute atomic E-state index is 0.253. The van der Waals surface area contributed by atoms with Crippen molar-refractivity contribution in [1.82, 2.24) is 14.5 Å². The molecule has 6 heteroatoms. The molecule has 5 nitrogen and oxygen atoms in total. The molecule has 0 unspecified atom stereocenters. The molecule has 0 aliphatic heterocycles. The number of hydrogen-bond donors (Lipinski definition) is 1. The third-order valence-corrected chi connectivity index (χ3v) is 4.10. The largest absolute Gasteiger partial charge is 0.478 e. The zero-order valence-electron chi connectivity index (χ0n) is 11.6. The zero-order valence-corrected chi connectivity index (χ0v) is 12.4. The molecule has 0 fully saturated rings. The van der Waals surface area contributed by atoms with Crippen LogP contribution in [0.15, 0.2) is 29.8 Å². The highest BCUT2D eigenvalue weighted by Gasteiger charge is 2.17. The molecule has 0 spiro atoms. The summed E-state index contributed by atoms with van der Waals surface area (Å²) in [6, 6.07) is 5.28. The number of aromatic nitrogens is 3. The molecule has 0 radical (unpaired) electrons. The number of carbonyl (C=O) groups is 1. The summed E-state index contributed by atoms with van der Waals surface area (Å²) in [5.41, 5.74) is 1.67. The van der Waals surface area contributed by atoms with Gasteiger partial charge in [-0.1, -0.05) is 13.0 Å². The third-order valence-electron chi connectivity index (χ3n) is 3.34. The molecule has 1 N–H and O–H groups in total. The number of carboxylic acids is 1. The van der Waals surface area contributed by atoms with Gasteiger partial charge >= 0.3 is 5.97 Å². The average molecular weight is 301 g/mol. The molecule has 0 aliphatic carbocycles. The number of para-hydroxylation sites is 1. The molecule has 21 heavy (non-hydrogen) atoms. The minimum atomic E-state index is -0.942. The van der Waals surface area contributed by atoms with Crippen molar-refractivity contribution >= 4 is 28.3 Å². The molecule has 0 aliphatic rings. The number of imidazole rings is 1. The van der Waals surface area contributed by atoms with E-state index in [-0.39, 0.29) is 5.56 Å². The highest BCUT2D eigenvalue weighted by molar-refractivity contribution is 7.09. The maximum Gasteiger partial charge on any atom is 0.337 e. The molecule has 2 aromatic heterocycles. The fraction of sp³-hybridized carbons (Fsp3) is 0.267. The highest BCUT2D eigenvalue weighted by atomic mass is 32.1. The van der Waals surface area contributed by atoms with Gasteiger partial charge in [-0.25, -0.2) is 14.8 Å². The van der Waals surface area contributed by atoms with Gasteiger partial charge < -0.3 is 9.67 Å². The van der Waals surface area contributed by atoms with Crippen molar-refractivity contribution in [3.05, 3.63) is 46.2 Å². The number of benzene rings is 1. The van der Waals surface area contributed by atoms with Crippen molar-refractivity contribution in [3.63, 3.8) is 0 Å². The summed E-state index contributed by atoms with van der Waals surface area (Å²) in [6.07, 6.45) is 3.56. The molecule has 0 saturated carbocycles. The number of aryl methyl sites for hydroxylation is 1. The van der Waals surface area contributed by atoms with Crippen LogP contribution >= 0.6 is 11.3 Å². The van der Waals surface area contributed by atoms with E-state index in [0.29, 0.717) is 12.1 Å². The summed E-state index contributed by atoms with van der Waals surface area (Å²) in [5.74, 6) is -0.0288. The maximum absolute atomic E-state index is 11.4. The van der Waals surface area contributed by atoms with Gasteiger partial charge in [-0.15, -0.1) is 11.3 Å². The van der Waals surface area contributed by atoms with E-state index in [9.17, 15) is 9.90 Å². The number of thiazole rings is 1. The predicted molar refractivity (Wildman–Crippen MR) is 81.9 cm³/mol. The normalized spacial score (nSPS) is 11.1. The van der Waals surface area contributed by atoms with Crippen molar-refractivity contribution in [1.29, 1.82) is 0 Å². The molecule has 2 heterocycles. The van der Waals surface area contributed by atoms with Gasteiger partial charge in [0.25, 0.3) is 0 Å². The smallest absolute Gasteiger partial charge is 0.337 e. The van der Waals surface area contributed by atoms with Gasteiger partial charge in [-0.3, -0.25) is 0 Å². The number of aromatic carboxylic acids is 1. The number of nitrogens with zero attached hydrogens (tertiary/aromatic N) is 3. The van der Waals surface area contributed by atoms with Crippen LogP contribution in [0.2, 0.25) is 0 Å². The second-order valence-corrected chi connectivity index (χ2v) is 5.75. The fourth-order valence-corrected chi connectivity index (χ4v) is 3.03. The molecule has 3 aromatic rings.